The van der Waals surface area contributed by atoms with Gasteiger partial charge in [-0.1, -0.05) is 35.9 Å². The number of hydrazine groups is 1. The van der Waals surface area contributed by atoms with Crippen molar-refractivity contribution in [2.24, 2.45) is 11.8 Å². The van der Waals surface area contributed by atoms with Gasteiger partial charge in [-0.3, -0.25) is 24.5 Å². The molecule has 1 aliphatic carbocycles. The van der Waals surface area contributed by atoms with Crippen LogP contribution in [0.25, 0.3) is 0 Å². The highest BCUT2D eigenvalue weighted by atomic mass is 35.5. The second-order valence-corrected chi connectivity index (χ2v) is 7.87. The molecule has 2 aliphatic rings. The van der Waals surface area contributed by atoms with Gasteiger partial charge in [0.15, 0.2) is 0 Å². The van der Waals surface area contributed by atoms with Crippen LogP contribution in [0.15, 0.2) is 60.7 Å². The second-order valence-electron chi connectivity index (χ2n) is 7.44. The van der Waals surface area contributed by atoms with E-state index in [1.54, 1.807) is 24.3 Å². The molecular weight excluding hydrogens is 422 g/mol. The number of carbonyl (C=O) groups is 3. The minimum atomic E-state index is -0.599. The number of nitro groups is 1. The van der Waals surface area contributed by atoms with Gasteiger partial charge in [-0.2, -0.15) is 5.01 Å². The van der Waals surface area contributed by atoms with Gasteiger partial charge in [0, 0.05) is 22.7 Å². The summed E-state index contributed by atoms with van der Waals surface area (Å²) in [5, 5.41) is 13.5. The monoisotopic (exact) mass is 439 g/mol. The molecule has 4 rings (SSSR count). The summed E-state index contributed by atoms with van der Waals surface area (Å²) in [4.78, 5) is 49.9. The lowest BCUT2D eigenvalue weighted by molar-refractivity contribution is -0.384. The number of nitrogens with zero attached hydrogens (tertiary/aromatic N) is 3. The lowest BCUT2D eigenvalue weighted by atomic mass is 9.85. The molecule has 1 saturated heterocycles. The van der Waals surface area contributed by atoms with Gasteiger partial charge in [0.05, 0.1) is 23.3 Å². The van der Waals surface area contributed by atoms with Gasteiger partial charge >= 0.3 is 0 Å². The van der Waals surface area contributed by atoms with Crippen LogP contribution >= 0.6 is 11.6 Å². The van der Waals surface area contributed by atoms with E-state index in [0.717, 1.165) is 10.0 Å². The molecule has 3 amide bonds. The van der Waals surface area contributed by atoms with Crippen LogP contribution in [0.4, 0.5) is 5.69 Å². The summed E-state index contributed by atoms with van der Waals surface area (Å²) in [5.41, 5.74) is 0.646. The van der Waals surface area contributed by atoms with E-state index in [-0.39, 0.29) is 17.8 Å². The van der Waals surface area contributed by atoms with Crippen LogP contribution in [0.3, 0.4) is 0 Å². The summed E-state index contributed by atoms with van der Waals surface area (Å²) < 4.78 is 0. The molecule has 9 heteroatoms. The first-order chi connectivity index (χ1) is 14.9. The van der Waals surface area contributed by atoms with Crippen LogP contribution in [0, 0.1) is 22.0 Å². The number of hydrogen-bond donors (Lipinski definition) is 0. The number of fused-ring (bicyclic) bond motifs is 1. The molecule has 8 nitrogen and oxygen atoms in total. The van der Waals surface area contributed by atoms with Crippen molar-refractivity contribution in [2.75, 3.05) is 0 Å². The highest BCUT2D eigenvalue weighted by Crippen LogP contribution is 2.36. The highest BCUT2D eigenvalue weighted by molar-refractivity contribution is 6.30. The minimum Gasteiger partial charge on any atom is -0.272 e. The van der Waals surface area contributed by atoms with Crippen molar-refractivity contribution in [1.82, 2.24) is 10.0 Å². The Hall–Kier alpha value is -3.52. The van der Waals surface area contributed by atoms with Crippen LogP contribution in [-0.4, -0.2) is 32.7 Å². The van der Waals surface area contributed by atoms with Crippen LogP contribution in [-0.2, 0) is 16.1 Å². The number of benzene rings is 2. The van der Waals surface area contributed by atoms with E-state index in [0.29, 0.717) is 23.4 Å². The van der Waals surface area contributed by atoms with E-state index in [4.69, 9.17) is 11.6 Å². The number of amides is 3. The maximum absolute atomic E-state index is 13.3. The Morgan fingerprint density at radius 3 is 2.06 bits per heavy atom. The van der Waals surface area contributed by atoms with Gasteiger partial charge in [0.1, 0.15) is 0 Å². The van der Waals surface area contributed by atoms with Gasteiger partial charge in [-0.25, -0.2) is 5.01 Å². The first kappa shape index (κ1) is 20.7. The zero-order valence-corrected chi connectivity index (χ0v) is 17.1. The third kappa shape index (κ3) is 3.94. The van der Waals surface area contributed by atoms with Gasteiger partial charge in [-0.15, -0.1) is 0 Å². The quantitative estimate of drug-likeness (QED) is 0.305. The van der Waals surface area contributed by atoms with Crippen molar-refractivity contribution in [3.05, 3.63) is 86.9 Å². The molecule has 0 aromatic heterocycles. The van der Waals surface area contributed by atoms with Crippen molar-refractivity contribution in [2.45, 2.75) is 19.4 Å². The lowest BCUT2D eigenvalue weighted by Gasteiger charge is -2.30. The predicted molar refractivity (Wildman–Crippen MR) is 112 cm³/mol. The number of halogens is 1. The molecule has 2 atom stereocenters. The molecule has 1 heterocycles. The first-order valence-electron chi connectivity index (χ1n) is 9.70. The second kappa shape index (κ2) is 8.31. The number of rotatable bonds is 5. The molecule has 1 aliphatic heterocycles. The maximum Gasteiger partial charge on any atom is 0.273 e. The first-order valence-corrected chi connectivity index (χ1v) is 10.1. The fraction of sp³-hybridized carbons (Fsp3) is 0.227. The number of allylic oxidation sites excluding steroid dienone is 2. The molecule has 158 valence electrons. The molecule has 0 N–H and O–H groups in total. The molecule has 1 fully saturated rings. The van der Waals surface area contributed by atoms with Crippen LogP contribution in [0.5, 0.6) is 0 Å². The van der Waals surface area contributed by atoms with Crippen molar-refractivity contribution < 1.29 is 19.3 Å². The normalized spacial score (nSPS) is 20.0. The summed E-state index contributed by atoms with van der Waals surface area (Å²) in [7, 11) is 0. The van der Waals surface area contributed by atoms with Gasteiger partial charge < -0.3 is 0 Å². The molecule has 2 aromatic carbocycles. The largest absolute Gasteiger partial charge is 0.273 e. The molecule has 0 saturated carbocycles. The molecule has 0 bridgehead atoms. The topological polar surface area (TPSA) is 101 Å². The lowest BCUT2D eigenvalue weighted by Crippen LogP contribution is -2.49. The smallest absolute Gasteiger partial charge is 0.272 e. The van der Waals surface area contributed by atoms with E-state index >= 15 is 0 Å². The van der Waals surface area contributed by atoms with Crippen LogP contribution < -0.4 is 0 Å². The number of carbonyl (C=O) groups excluding carboxylic acids is 3. The van der Waals surface area contributed by atoms with Crippen molar-refractivity contribution in [3.8, 4) is 0 Å². The van der Waals surface area contributed by atoms with Gasteiger partial charge in [0.25, 0.3) is 23.4 Å². The standard InChI is InChI=1S/C22H18ClN3O5/c23-16-9-5-14(6-10-16)13-24(20(27)15-7-11-17(12-8-15)26(30)31)25-21(28)18-3-1-2-4-19(18)22(25)29/h1-2,5-12,18-19H,3-4,13H2/t18-,19-/m1/s1. The van der Waals surface area contributed by atoms with E-state index in [9.17, 15) is 24.5 Å². The number of nitro benzene ring substituents is 1. The highest BCUT2D eigenvalue weighted by Gasteiger charge is 2.50. The molecule has 2 aromatic rings. The van der Waals surface area contributed by atoms with E-state index in [1.165, 1.54) is 24.3 Å². The average molecular weight is 440 g/mol. The predicted octanol–water partition coefficient (Wildman–Crippen LogP) is 3.76. The Bertz CT molecular complexity index is 1060. The zero-order chi connectivity index (χ0) is 22.1. The maximum atomic E-state index is 13.3. The van der Waals surface area contributed by atoms with Gasteiger partial charge in [0.2, 0.25) is 0 Å². The van der Waals surface area contributed by atoms with E-state index < -0.39 is 34.5 Å². The molecule has 0 unspecified atom stereocenters. The Labute approximate surface area is 182 Å². The molecular formula is C22H18ClN3O5. The molecule has 0 radical (unpaired) electrons. The van der Waals surface area contributed by atoms with Crippen molar-refractivity contribution in [3.63, 3.8) is 0 Å². The Balaban J connectivity index is 1.69. The Morgan fingerprint density at radius 1 is 1.00 bits per heavy atom. The van der Waals surface area contributed by atoms with Crippen LogP contribution in [0.1, 0.15) is 28.8 Å². The fourth-order valence-electron chi connectivity index (χ4n) is 3.89. The Morgan fingerprint density at radius 2 is 1.55 bits per heavy atom. The molecule has 31 heavy (non-hydrogen) atoms. The van der Waals surface area contributed by atoms with Crippen molar-refractivity contribution >= 4 is 35.0 Å². The van der Waals surface area contributed by atoms with E-state index in [2.05, 4.69) is 0 Å². The minimum absolute atomic E-state index is 0.0304. The fourth-order valence-corrected chi connectivity index (χ4v) is 4.02. The molecule has 0 spiro atoms. The van der Waals surface area contributed by atoms with Crippen LogP contribution in [0.2, 0.25) is 5.02 Å². The Kier molecular flexibility index (Phi) is 5.56. The zero-order valence-electron chi connectivity index (χ0n) is 16.3. The third-order valence-corrected chi connectivity index (χ3v) is 5.78. The van der Waals surface area contributed by atoms with Crippen molar-refractivity contribution in [1.29, 1.82) is 0 Å². The number of hydrogen-bond acceptors (Lipinski definition) is 5. The summed E-state index contributed by atoms with van der Waals surface area (Å²) in [6.45, 7) is -0.0304. The summed E-state index contributed by atoms with van der Waals surface area (Å²) in [6, 6.07) is 11.8. The van der Waals surface area contributed by atoms with E-state index in [1.807, 2.05) is 12.2 Å². The summed E-state index contributed by atoms with van der Waals surface area (Å²) in [5.74, 6) is -2.41. The van der Waals surface area contributed by atoms with Gasteiger partial charge in [-0.05, 0) is 42.7 Å². The number of imide groups is 1. The average Bonchev–Trinajstić information content (AvgIpc) is 3.03. The third-order valence-electron chi connectivity index (χ3n) is 5.53. The SMILES string of the molecule is O=C(c1ccc([N+](=O)[O-])cc1)N(Cc1ccc(Cl)cc1)N1C(=O)[C@@H]2CC=CC[C@H]2C1=O. The summed E-state index contributed by atoms with van der Waals surface area (Å²) >= 11 is 5.94. The number of non-ortho nitro benzene ring substituents is 1. The summed E-state index contributed by atoms with van der Waals surface area (Å²) in [6.07, 6.45) is 4.65.